The van der Waals surface area contributed by atoms with E-state index in [4.69, 9.17) is 0 Å². The third kappa shape index (κ3) is 2.91. The maximum atomic E-state index is 12.0. The van der Waals surface area contributed by atoms with Gasteiger partial charge < -0.3 is 0 Å². The lowest BCUT2D eigenvalue weighted by Gasteiger charge is -2.20. The van der Waals surface area contributed by atoms with Gasteiger partial charge >= 0.3 is 0 Å². The lowest BCUT2D eigenvalue weighted by Crippen LogP contribution is -2.36. The SMILES string of the molecule is O=C(Cc1ccncc1)C1CCCCS1(=O)=O. The highest BCUT2D eigenvalue weighted by atomic mass is 32.2. The topological polar surface area (TPSA) is 64.1 Å². The zero-order chi connectivity index (χ0) is 12.3. The molecule has 0 aromatic carbocycles. The Hall–Kier alpha value is -1.23. The first-order valence-electron chi connectivity index (χ1n) is 5.73. The predicted octanol–water partition coefficient (Wildman–Crippen LogP) is 1.16. The summed E-state index contributed by atoms with van der Waals surface area (Å²) in [5.41, 5.74) is 0.825. The van der Waals surface area contributed by atoms with Crippen LogP contribution in [0.25, 0.3) is 0 Å². The van der Waals surface area contributed by atoms with Crippen LogP contribution in [0.2, 0.25) is 0 Å². The summed E-state index contributed by atoms with van der Waals surface area (Å²) in [4.78, 5) is 15.8. The minimum Gasteiger partial charge on any atom is -0.298 e. The molecule has 0 spiro atoms. The van der Waals surface area contributed by atoms with Gasteiger partial charge in [-0.25, -0.2) is 8.42 Å². The van der Waals surface area contributed by atoms with Gasteiger partial charge in [0.2, 0.25) is 0 Å². The number of carbonyl (C=O) groups is 1. The summed E-state index contributed by atoms with van der Waals surface area (Å²) in [6.45, 7) is 0. The van der Waals surface area contributed by atoms with Crippen LogP contribution in [0, 0.1) is 0 Å². The maximum absolute atomic E-state index is 12.0. The van der Waals surface area contributed by atoms with Crippen LogP contribution in [0.15, 0.2) is 24.5 Å². The second-order valence-corrected chi connectivity index (χ2v) is 6.65. The van der Waals surface area contributed by atoms with Gasteiger partial charge in [-0.05, 0) is 30.5 Å². The first-order valence-corrected chi connectivity index (χ1v) is 7.44. The van der Waals surface area contributed by atoms with Gasteiger partial charge in [-0.1, -0.05) is 6.42 Å². The Labute approximate surface area is 101 Å². The summed E-state index contributed by atoms with van der Waals surface area (Å²) < 4.78 is 23.6. The summed E-state index contributed by atoms with van der Waals surface area (Å²) in [5.74, 6) is -0.0318. The minimum atomic E-state index is -3.21. The molecule has 0 bridgehead atoms. The van der Waals surface area contributed by atoms with Crippen molar-refractivity contribution in [2.45, 2.75) is 30.9 Å². The van der Waals surface area contributed by atoms with E-state index in [0.717, 1.165) is 12.0 Å². The lowest BCUT2D eigenvalue weighted by molar-refractivity contribution is -0.118. The molecule has 1 aliphatic heterocycles. The third-order valence-electron chi connectivity index (χ3n) is 3.07. The molecule has 0 saturated carbocycles. The number of hydrogen-bond acceptors (Lipinski definition) is 4. The van der Waals surface area contributed by atoms with E-state index in [-0.39, 0.29) is 18.0 Å². The average Bonchev–Trinajstić information content (AvgIpc) is 2.29. The van der Waals surface area contributed by atoms with Crippen molar-refractivity contribution in [1.29, 1.82) is 0 Å². The van der Waals surface area contributed by atoms with Gasteiger partial charge in [-0.2, -0.15) is 0 Å². The molecule has 1 aromatic heterocycles. The van der Waals surface area contributed by atoms with Gasteiger partial charge in [0.1, 0.15) is 5.25 Å². The molecular formula is C12H15NO3S. The number of hydrogen-bond donors (Lipinski definition) is 0. The summed E-state index contributed by atoms with van der Waals surface area (Å²) in [6, 6.07) is 3.49. The molecule has 0 radical (unpaired) electrons. The van der Waals surface area contributed by atoms with Gasteiger partial charge in [0.15, 0.2) is 15.6 Å². The zero-order valence-corrected chi connectivity index (χ0v) is 10.3. The van der Waals surface area contributed by atoms with Crippen LogP contribution in [0.5, 0.6) is 0 Å². The van der Waals surface area contributed by atoms with Gasteiger partial charge in [-0.15, -0.1) is 0 Å². The van der Waals surface area contributed by atoms with Crippen molar-refractivity contribution in [1.82, 2.24) is 4.98 Å². The van der Waals surface area contributed by atoms with Crippen molar-refractivity contribution in [2.24, 2.45) is 0 Å². The van der Waals surface area contributed by atoms with E-state index in [0.29, 0.717) is 12.8 Å². The largest absolute Gasteiger partial charge is 0.298 e. The molecule has 17 heavy (non-hydrogen) atoms. The number of aromatic nitrogens is 1. The smallest absolute Gasteiger partial charge is 0.160 e. The van der Waals surface area contributed by atoms with Gasteiger partial charge in [-0.3, -0.25) is 9.78 Å². The molecule has 1 saturated heterocycles. The van der Waals surface area contributed by atoms with E-state index in [1.54, 1.807) is 24.5 Å². The van der Waals surface area contributed by atoms with E-state index in [9.17, 15) is 13.2 Å². The lowest BCUT2D eigenvalue weighted by atomic mass is 10.0. The minimum absolute atomic E-state index is 0.153. The summed E-state index contributed by atoms with van der Waals surface area (Å²) >= 11 is 0. The van der Waals surface area contributed by atoms with E-state index in [2.05, 4.69) is 4.98 Å². The fourth-order valence-corrected chi connectivity index (χ4v) is 4.03. The quantitative estimate of drug-likeness (QED) is 0.811. The van der Waals surface area contributed by atoms with Crippen molar-refractivity contribution in [3.63, 3.8) is 0 Å². The van der Waals surface area contributed by atoms with Gasteiger partial charge in [0.25, 0.3) is 0 Å². The Kier molecular flexibility index (Phi) is 3.57. The number of Topliss-reactive ketones (excluding diaryl/α,β-unsaturated/α-hetero) is 1. The van der Waals surface area contributed by atoms with Crippen LogP contribution in [0.1, 0.15) is 24.8 Å². The normalized spacial score (nSPS) is 23.2. The Balaban J connectivity index is 2.10. The second kappa shape index (κ2) is 4.96. The molecule has 1 atom stereocenters. The Morgan fingerprint density at radius 2 is 2.00 bits per heavy atom. The summed E-state index contributed by atoms with van der Waals surface area (Å²) in [7, 11) is -3.21. The highest BCUT2D eigenvalue weighted by Crippen LogP contribution is 2.21. The molecule has 1 unspecified atom stereocenters. The fourth-order valence-electron chi connectivity index (χ4n) is 2.13. The van der Waals surface area contributed by atoms with Crippen LogP contribution < -0.4 is 0 Å². The van der Waals surface area contributed by atoms with Crippen molar-refractivity contribution >= 4 is 15.6 Å². The predicted molar refractivity (Wildman–Crippen MR) is 64.4 cm³/mol. The van der Waals surface area contributed by atoms with Crippen LogP contribution in [0.4, 0.5) is 0 Å². The molecule has 2 heterocycles. The Morgan fingerprint density at radius 3 is 2.65 bits per heavy atom. The first-order chi connectivity index (χ1) is 8.09. The molecule has 0 aliphatic carbocycles. The molecule has 1 aromatic rings. The number of ketones is 1. The van der Waals surface area contributed by atoms with Gasteiger partial charge in [0, 0.05) is 18.8 Å². The summed E-state index contributed by atoms with van der Waals surface area (Å²) in [6.07, 6.45) is 5.39. The highest BCUT2D eigenvalue weighted by molar-refractivity contribution is 7.92. The number of pyridine rings is 1. The monoisotopic (exact) mass is 253 g/mol. The number of nitrogens with zero attached hydrogens (tertiary/aromatic N) is 1. The number of carbonyl (C=O) groups excluding carboxylic acids is 1. The maximum Gasteiger partial charge on any atom is 0.160 e. The van der Waals surface area contributed by atoms with Crippen molar-refractivity contribution in [3.05, 3.63) is 30.1 Å². The molecule has 92 valence electrons. The second-order valence-electron chi connectivity index (χ2n) is 4.35. The average molecular weight is 253 g/mol. The molecular weight excluding hydrogens is 238 g/mol. The van der Waals surface area contributed by atoms with Crippen LogP contribution in [-0.4, -0.2) is 30.2 Å². The van der Waals surface area contributed by atoms with E-state index < -0.39 is 15.1 Å². The number of sulfone groups is 1. The standard InChI is InChI=1S/C12H15NO3S/c14-11(9-10-4-6-13-7-5-10)12-3-1-2-8-17(12,15)16/h4-7,12H,1-3,8-9H2. The first kappa shape index (κ1) is 12.2. The molecule has 4 nitrogen and oxygen atoms in total. The molecule has 1 fully saturated rings. The fraction of sp³-hybridized carbons (Fsp3) is 0.500. The van der Waals surface area contributed by atoms with Crippen LogP contribution in [-0.2, 0) is 21.1 Å². The van der Waals surface area contributed by atoms with Crippen molar-refractivity contribution in [3.8, 4) is 0 Å². The van der Waals surface area contributed by atoms with E-state index >= 15 is 0 Å². The highest BCUT2D eigenvalue weighted by Gasteiger charge is 2.34. The number of rotatable bonds is 3. The van der Waals surface area contributed by atoms with Crippen molar-refractivity contribution in [2.75, 3.05) is 5.75 Å². The molecule has 2 rings (SSSR count). The molecule has 1 aliphatic rings. The summed E-state index contributed by atoms with van der Waals surface area (Å²) in [5, 5.41) is -0.788. The van der Waals surface area contributed by atoms with Gasteiger partial charge in [0.05, 0.1) is 5.75 Å². The molecule has 0 N–H and O–H groups in total. The molecule has 5 heteroatoms. The van der Waals surface area contributed by atoms with Crippen LogP contribution >= 0.6 is 0 Å². The van der Waals surface area contributed by atoms with E-state index in [1.165, 1.54) is 0 Å². The Bertz CT molecular complexity index is 496. The molecule has 0 amide bonds. The van der Waals surface area contributed by atoms with Crippen molar-refractivity contribution < 1.29 is 13.2 Å². The van der Waals surface area contributed by atoms with E-state index in [1.807, 2.05) is 0 Å². The zero-order valence-electron chi connectivity index (χ0n) is 9.50. The third-order valence-corrected chi connectivity index (χ3v) is 5.29. The Morgan fingerprint density at radius 1 is 1.29 bits per heavy atom. The van der Waals surface area contributed by atoms with Crippen LogP contribution in [0.3, 0.4) is 0 Å².